The maximum Gasteiger partial charge on any atom is 0.243 e. The number of ketones is 2. The van der Waals surface area contributed by atoms with Gasteiger partial charge in [0.25, 0.3) is 0 Å². The molecule has 3 aliphatic rings. The summed E-state index contributed by atoms with van der Waals surface area (Å²) < 4.78 is 12.6. The van der Waals surface area contributed by atoms with Crippen LogP contribution in [0.2, 0.25) is 0 Å². The Morgan fingerprint density at radius 3 is 2.17 bits per heavy atom. The zero-order valence-corrected chi connectivity index (χ0v) is 43.5. The Kier molecular flexibility index (Phi) is 16.1. The molecule has 374 valence electrons. The van der Waals surface area contributed by atoms with E-state index in [1.807, 2.05) is 108 Å². The highest BCUT2D eigenvalue weighted by atomic mass is 32.1. The minimum atomic E-state index is -0.837. The Morgan fingerprint density at radius 1 is 0.929 bits per heavy atom. The minimum absolute atomic E-state index is 0.0219. The van der Waals surface area contributed by atoms with Crippen molar-refractivity contribution < 1.29 is 33.8 Å². The molecule has 0 spiro atoms. The number of aromatic nitrogens is 1. The fraction of sp³-hybridized carbons (Fsp3) is 0.536. The third kappa shape index (κ3) is 11.8. The smallest absolute Gasteiger partial charge is 0.243 e. The molecule has 13 nitrogen and oxygen atoms in total. The average Bonchev–Trinajstić information content (AvgIpc) is 3.94. The van der Waals surface area contributed by atoms with Gasteiger partial charge in [0.15, 0.2) is 5.78 Å². The van der Waals surface area contributed by atoms with Gasteiger partial charge in [-0.15, -0.1) is 11.3 Å². The number of hydrogen-bond acceptors (Lipinski definition) is 12. The van der Waals surface area contributed by atoms with E-state index in [0.29, 0.717) is 43.0 Å². The fourth-order valence-corrected chi connectivity index (χ4v) is 12.0. The number of aliphatic hydroxyl groups excluding tert-OH is 1. The highest BCUT2D eigenvalue weighted by Gasteiger charge is 2.63. The van der Waals surface area contributed by atoms with Crippen LogP contribution in [0.1, 0.15) is 113 Å². The molecule has 3 fully saturated rings. The number of ether oxygens (including phenoxy) is 2. The van der Waals surface area contributed by atoms with Gasteiger partial charge in [-0.25, -0.2) is 4.98 Å². The molecule has 70 heavy (non-hydrogen) atoms. The minimum Gasteiger partial charge on any atom is -0.492 e. The molecule has 0 bridgehead atoms. The van der Waals surface area contributed by atoms with Gasteiger partial charge in [-0.1, -0.05) is 72.7 Å². The summed E-state index contributed by atoms with van der Waals surface area (Å²) in [7, 11) is 0. The van der Waals surface area contributed by atoms with Crippen molar-refractivity contribution in [3.05, 3.63) is 100 Å². The number of benzene rings is 3. The summed E-state index contributed by atoms with van der Waals surface area (Å²) in [6.45, 7) is 24.7. The normalized spacial score (nSPS) is 22.1. The number of β-amino-alcohol motifs (C(OH)–C–C–N with tert-alkyl or cyclic N) is 1. The zero-order valence-electron chi connectivity index (χ0n) is 42.7. The maximum atomic E-state index is 14.3. The Hall–Kier alpha value is -5.46. The largest absolute Gasteiger partial charge is 0.492 e. The number of likely N-dealkylation sites (tertiary alicyclic amines) is 1. The van der Waals surface area contributed by atoms with Crippen LogP contribution in [0.15, 0.2) is 72.2 Å². The second kappa shape index (κ2) is 21.5. The van der Waals surface area contributed by atoms with Crippen molar-refractivity contribution in [1.82, 2.24) is 25.0 Å². The molecule has 1 saturated carbocycles. The molecule has 0 unspecified atom stereocenters. The Bertz CT molecular complexity index is 2540. The van der Waals surface area contributed by atoms with Gasteiger partial charge in [0.2, 0.25) is 11.8 Å². The van der Waals surface area contributed by atoms with Crippen molar-refractivity contribution >= 4 is 34.7 Å². The van der Waals surface area contributed by atoms with Crippen molar-refractivity contribution in [1.29, 1.82) is 5.26 Å². The number of Topliss-reactive ketones (excluding diaryl/α,β-unsaturated/α-hetero) is 2. The van der Waals surface area contributed by atoms with E-state index < -0.39 is 23.5 Å². The Labute approximate surface area is 418 Å². The number of hydrogen-bond donors (Lipinski definition) is 2. The molecule has 3 aromatic carbocycles. The lowest BCUT2D eigenvalue weighted by molar-refractivity contribution is -0.196. The Balaban J connectivity index is 0.833. The third-order valence-electron chi connectivity index (χ3n) is 15.2. The van der Waals surface area contributed by atoms with E-state index in [0.717, 1.165) is 52.6 Å². The second-order valence-electron chi connectivity index (χ2n) is 22.1. The van der Waals surface area contributed by atoms with Gasteiger partial charge in [0, 0.05) is 80.8 Å². The number of carbonyl (C=O) groups excluding carboxylic acids is 4. The monoisotopic (exact) mass is 973 g/mol. The van der Waals surface area contributed by atoms with Gasteiger partial charge in [-0.3, -0.25) is 29.0 Å². The summed E-state index contributed by atoms with van der Waals surface area (Å²) in [5.74, 6) is 0.367. The number of nitriles is 1. The lowest BCUT2D eigenvalue weighted by Crippen LogP contribution is -2.66. The van der Waals surface area contributed by atoms with Crippen molar-refractivity contribution in [3.63, 3.8) is 0 Å². The second-order valence-corrected chi connectivity index (χ2v) is 22.9. The summed E-state index contributed by atoms with van der Waals surface area (Å²) in [5.41, 5.74) is 5.94. The first-order valence-electron chi connectivity index (χ1n) is 24.8. The van der Waals surface area contributed by atoms with E-state index in [9.17, 15) is 29.5 Å². The molecule has 2 saturated heterocycles. The predicted molar refractivity (Wildman–Crippen MR) is 273 cm³/mol. The van der Waals surface area contributed by atoms with Gasteiger partial charge in [-0.2, -0.15) is 5.26 Å². The molecule has 7 rings (SSSR count). The van der Waals surface area contributed by atoms with Gasteiger partial charge < -0.3 is 24.8 Å². The van der Waals surface area contributed by atoms with Crippen LogP contribution in [-0.2, 0) is 14.4 Å². The lowest BCUT2D eigenvalue weighted by Gasteiger charge is -2.63. The van der Waals surface area contributed by atoms with E-state index in [4.69, 9.17) is 9.47 Å². The van der Waals surface area contributed by atoms with Crippen molar-refractivity contribution in [2.24, 2.45) is 28.1 Å². The molecule has 2 N–H and O–H groups in total. The SMILES string of the molecule is Cc1cc(OC2C(C)(C)C(CC(=O)c3ccc(OCCN4CCN(CC(=O)C[C@H](C(=O)N5C[C@H](O)C[C@H]5C(=O)N[C@@H](C)c5ccc(-c6scnc6C)cc5)C(C)(C)C)CC4)cc3)C2(C)C)ccc1C#N. The van der Waals surface area contributed by atoms with Crippen LogP contribution in [0, 0.1) is 53.3 Å². The van der Waals surface area contributed by atoms with E-state index in [1.54, 1.807) is 17.4 Å². The van der Waals surface area contributed by atoms with E-state index >= 15 is 0 Å². The number of carbonyl (C=O) groups is 4. The number of piperazine rings is 1. The van der Waals surface area contributed by atoms with Gasteiger partial charge in [-0.05, 0) is 91.3 Å². The summed E-state index contributed by atoms with van der Waals surface area (Å²) in [6.07, 6.45) is -0.319. The first kappa shape index (κ1) is 52.4. The number of thiazole rings is 1. The predicted octanol–water partition coefficient (Wildman–Crippen LogP) is 8.46. The van der Waals surface area contributed by atoms with Crippen LogP contribution in [-0.4, -0.2) is 119 Å². The zero-order chi connectivity index (χ0) is 50.7. The number of nitrogens with zero attached hydrogens (tertiary/aromatic N) is 5. The number of aliphatic hydroxyl groups is 1. The van der Waals surface area contributed by atoms with Crippen LogP contribution in [0.4, 0.5) is 0 Å². The molecule has 4 aromatic rings. The van der Waals surface area contributed by atoms with Gasteiger partial charge in [0.1, 0.15) is 36.0 Å². The fourth-order valence-electron chi connectivity index (χ4n) is 11.2. The number of rotatable bonds is 18. The number of nitrogens with one attached hydrogen (secondary N) is 1. The molecule has 3 heterocycles. The van der Waals surface area contributed by atoms with Crippen LogP contribution in [0.5, 0.6) is 11.5 Å². The summed E-state index contributed by atoms with van der Waals surface area (Å²) in [5, 5.41) is 23.1. The average molecular weight is 973 g/mol. The van der Waals surface area contributed by atoms with Crippen molar-refractivity contribution in [2.75, 3.05) is 52.4 Å². The summed E-state index contributed by atoms with van der Waals surface area (Å²) >= 11 is 1.59. The van der Waals surface area contributed by atoms with Crippen LogP contribution in [0.3, 0.4) is 0 Å². The highest BCUT2D eigenvalue weighted by molar-refractivity contribution is 7.13. The third-order valence-corrected chi connectivity index (χ3v) is 16.2. The highest BCUT2D eigenvalue weighted by Crippen LogP contribution is 2.61. The van der Waals surface area contributed by atoms with Crippen LogP contribution >= 0.6 is 11.3 Å². The molecule has 2 amide bonds. The number of amides is 2. The maximum absolute atomic E-state index is 14.3. The Morgan fingerprint density at radius 2 is 1.57 bits per heavy atom. The van der Waals surface area contributed by atoms with E-state index in [2.05, 4.69) is 53.9 Å². The standard InChI is InChI=1S/C56H72N6O7S/c1-35-27-45(20-17-41(35)31-57)69-53-55(7,8)49(56(53,9)10)30-48(65)39-15-18-44(19-16-39)68-26-25-60-21-23-61(24-22-60)32-42(63)28-46(54(4,5)6)52(67)62-33-43(64)29-47(62)51(66)59-36(2)38-11-13-40(14-12-38)50-37(3)58-34-70-50/h11-20,27,34,36,43,46-47,49,53,64H,21-26,28-30,32-33H2,1-10H3,(H,59,66)/t36-,43+,46+,47-,49?,53?/m0/s1. The van der Waals surface area contributed by atoms with Crippen molar-refractivity contribution in [3.8, 4) is 28.0 Å². The number of aryl methyl sites for hydroxylation is 2. The first-order chi connectivity index (χ1) is 33.1. The molecule has 1 aromatic heterocycles. The lowest BCUT2D eigenvalue weighted by atomic mass is 9.44. The molecule has 1 aliphatic carbocycles. The van der Waals surface area contributed by atoms with Crippen LogP contribution in [0.25, 0.3) is 10.4 Å². The molecular formula is C56H72N6O7S. The van der Waals surface area contributed by atoms with Gasteiger partial charge in [0.05, 0.1) is 46.4 Å². The van der Waals surface area contributed by atoms with E-state index in [-0.39, 0.29) is 78.2 Å². The summed E-state index contributed by atoms with van der Waals surface area (Å²) in [6, 6.07) is 22.0. The topological polar surface area (TPSA) is 165 Å². The van der Waals surface area contributed by atoms with Crippen LogP contribution < -0.4 is 14.8 Å². The quantitative estimate of drug-likeness (QED) is 0.0920. The summed E-state index contributed by atoms with van der Waals surface area (Å²) in [4.78, 5) is 66.7. The first-order valence-corrected chi connectivity index (χ1v) is 25.6. The van der Waals surface area contributed by atoms with E-state index in [1.165, 1.54) is 4.90 Å². The van der Waals surface area contributed by atoms with Gasteiger partial charge >= 0.3 is 0 Å². The molecule has 2 aliphatic heterocycles. The molecular weight excluding hydrogens is 901 g/mol. The molecule has 0 radical (unpaired) electrons. The molecule has 14 heteroatoms. The molecule has 4 atom stereocenters. The van der Waals surface area contributed by atoms with Crippen molar-refractivity contribution in [2.45, 2.75) is 113 Å².